The third kappa shape index (κ3) is 5.09. The van der Waals surface area contributed by atoms with Crippen molar-refractivity contribution in [2.45, 2.75) is 153 Å². The second kappa shape index (κ2) is 11.8. The van der Waals surface area contributed by atoms with Gasteiger partial charge in [-0.05, 0) is 84.0 Å². The molecule has 45 heavy (non-hydrogen) atoms. The maximum Gasteiger partial charge on any atom is 0.330 e. The molecule has 5 rings (SSSR count). The molecule has 4 fully saturated rings. The summed E-state index contributed by atoms with van der Waals surface area (Å²) >= 11 is 0. The predicted molar refractivity (Wildman–Crippen MR) is 165 cm³/mol. The van der Waals surface area contributed by atoms with Gasteiger partial charge in [-0.2, -0.15) is 0 Å². The zero-order chi connectivity index (χ0) is 33.3. The second-order valence-corrected chi connectivity index (χ2v) is 15.3. The number of carbonyl (C=O) groups excluding carboxylic acids is 2. The number of Topliss-reactive ketones (excluding diaryl/α,β-unsaturated/α-hetero) is 1. The van der Waals surface area contributed by atoms with Crippen molar-refractivity contribution in [3.8, 4) is 0 Å². The average Bonchev–Trinajstić information content (AvgIpc) is 3.20. The summed E-state index contributed by atoms with van der Waals surface area (Å²) in [5.41, 5.74) is -5.79. The van der Waals surface area contributed by atoms with Crippen LogP contribution < -0.4 is 0 Å². The highest BCUT2D eigenvalue weighted by molar-refractivity contribution is 5.87. The molecule has 10 nitrogen and oxygen atoms in total. The van der Waals surface area contributed by atoms with E-state index in [2.05, 4.69) is 6.92 Å². The van der Waals surface area contributed by atoms with Crippen molar-refractivity contribution in [2.24, 2.45) is 22.7 Å². The first-order valence-corrected chi connectivity index (χ1v) is 16.7. The molecule has 0 aromatic carbocycles. The van der Waals surface area contributed by atoms with E-state index >= 15 is 0 Å². The predicted octanol–water partition coefficient (Wildman–Crippen LogP) is 3.52. The van der Waals surface area contributed by atoms with Crippen LogP contribution in [0.5, 0.6) is 0 Å². The van der Waals surface area contributed by atoms with Crippen molar-refractivity contribution in [3.05, 3.63) is 23.3 Å². The van der Waals surface area contributed by atoms with Crippen LogP contribution in [-0.2, 0) is 28.5 Å². The van der Waals surface area contributed by atoms with Gasteiger partial charge < -0.3 is 39.4 Å². The second-order valence-electron chi connectivity index (χ2n) is 15.3. The van der Waals surface area contributed by atoms with Gasteiger partial charge in [0.05, 0.1) is 23.7 Å². The van der Waals surface area contributed by atoms with Gasteiger partial charge >= 0.3 is 5.97 Å². The number of rotatable bonds is 7. The fourth-order valence-electron chi connectivity index (χ4n) is 9.54. The summed E-state index contributed by atoms with van der Waals surface area (Å²) in [5.74, 6) is -1.49. The Morgan fingerprint density at radius 1 is 1.09 bits per heavy atom. The van der Waals surface area contributed by atoms with Gasteiger partial charge in [0.2, 0.25) is 0 Å². The molecule has 5 aliphatic rings. The van der Waals surface area contributed by atoms with Crippen LogP contribution >= 0.6 is 0 Å². The van der Waals surface area contributed by atoms with Crippen LogP contribution in [0.1, 0.15) is 99.8 Å². The summed E-state index contributed by atoms with van der Waals surface area (Å²) in [5, 5.41) is 47.6. The van der Waals surface area contributed by atoms with Gasteiger partial charge in [-0.15, -0.1) is 0 Å². The third-order valence-electron chi connectivity index (χ3n) is 12.9. The molecule has 1 heterocycles. The average molecular weight is 635 g/mol. The van der Waals surface area contributed by atoms with Crippen molar-refractivity contribution in [1.82, 2.24) is 0 Å². The quantitative estimate of drug-likeness (QED) is 0.186. The first-order valence-electron chi connectivity index (χ1n) is 16.7. The molecule has 0 radical (unpaired) electrons. The van der Waals surface area contributed by atoms with Gasteiger partial charge in [0.1, 0.15) is 29.0 Å². The standard InChI is InChI=1S/C35H54O10/c1-19(2)20(3)15-28(37)45-27-18-26-31(6)11-10-24(44-29-17-25(42-8)30(38)21(4)43-29)16-23(31)9-12-34(26,40)35(41)14-13-33(39,22(5)36)32(27,35)7/h9,15,19,21,24-27,29-30,38-41H,10-14,16-18H2,1-8H3. The summed E-state index contributed by atoms with van der Waals surface area (Å²) in [4.78, 5) is 26.3. The van der Waals surface area contributed by atoms with Crippen molar-refractivity contribution >= 4 is 11.8 Å². The number of aliphatic hydroxyl groups is 4. The van der Waals surface area contributed by atoms with Gasteiger partial charge in [-0.1, -0.05) is 38.0 Å². The number of hydrogen-bond donors (Lipinski definition) is 4. The van der Waals surface area contributed by atoms with Crippen LogP contribution in [0.2, 0.25) is 0 Å². The van der Waals surface area contributed by atoms with Crippen molar-refractivity contribution < 1.29 is 49.0 Å². The van der Waals surface area contributed by atoms with Crippen molar-refractivity contribution in [3.63, 3.8) is 0 Å². The van der Waals surface area contributed by atoms with E-state index in [-0.39, 0.29) is 43.8 Å². The highest BCUT2D eigenvalue weighted by atomic mass is 16.7. The van der Waals surface area contributed by atoms with Gasteiger partial charge in [0, 0.05) is 25.5 Å². The lowest BCUT2D eigenvalue weighted by Gasteiger charge is -2.67. The van der Waals surface area contributed by atoms with E-state index in [0.717, 1.165) is 11.1 Å². The molecule has 1 saturated heterocycles. The highest BCUT2D eigenvalue weighted by Crippen LogP contribution is 2.71. The van der Waals surface area contributed by atoms with Crippen LogP contribution in [0.4, 0.5) is 0 Å². The molecule has 4 aliphatic carbocycles. The molecule has 254 valence electrons. The molecule has 3 saturated carbocycles. The Bertz CT molecular complexity index is 1240. The van der Waals surface area contributed by atoms with Gasteiger partial charge in [-0.25, -0.2) is 4.79 Å². The number of fused-ring (bicyclic) bond motifs is 5. The fraction of sp³-hybridized carbons (Fsp3) is 0.829. The van der Waals surface area contributed by atoms with E-state index in [4.69, 9.17) is 18.9 Å². The molecule has 12 atom stereocenters. The van der Waals surface area contributed by atoms with E-state index in [1.54, 1.807) is 21.0 Å². The van der Waals surface area contributed by atoms with E-state index in [9.17, 15) is 30.0 Å². The summed E-state index contributed by atoms with van der Waals surface area (Å²) in [6.07, 6.45) is 2.82. The molecule has 0 aromatic heterocycles. The smallest absolute Gasteiger partial charge is 0.330 e. The molecule has 1 aliphatic heterocycles. The SMILES string of the molecule is COC1CC(OC2CCC3(C)C(=CCC4(O)C3CC(OC(=O)C=C(C)C(C)C)C3(C)C(O)(C(C)=O)CCC43O)C2)OC(C)C1O. The summed E-state index contributed by atoms with van der Waals surface area (Å²) < 4.78 is 24.0. The zero-order valence-electron chi connectivity index (χ0n) is 28.2. The van der Waals surface area contributed by atoms with Crippen molar-refractivity contribution in [2.75, 3.05) is 7.11 Å². The van der Waals surface area contributed by atoms with E-state index in [1.807, 2.05) is 26.8 Å². The highest BCUT2D eigenvalue weighted by Gasteiger charge is 2.81. The molecule has 12 unspecified atom stereocenters. The maximum atomic E-state index is 13.3. The number of ether oxygens (including phenoxy) is 4. The number of carbonyl (C=O) groups is 2. The lowest BCUT2D eigenvalue weighted by molar-refractivity contribution is -0.315. The number of allylic oxidation sites excluding steroid dienone is 1. The minimum atomic E-state index is -1.98. The molecular weight excluding hydrogens is 580 g/mol. The van der Waals surface area contributed by atoms with Crippen LogP contribution in [0.15, 0.2) is 23.3 Å². The number of methoxy groups -OCH3 is 1. The molecular formula is C35H54O10. The van der Waals surface area contributed by atoms with Crippen LogP contribution in [0.3, 0.4) is 0 Å². The Hall–Kier alpha value is -1.66. The minimum absolute atomic E-state index is 0.00377. The summed E-state index contributed by atoms with van der Waals surface area (Å²) in [6.45, 7) is 12.6. The largest absolute Gasteiger partial charge is 0.458 e. The minimum Gasteiger partial charge on any atom is -0.458 e. The Balaban J connectivity index is 1.46. The first-order chi connectivity index (χ1) is 20.9. The van der Waals surface area contributed by atoms with Gasteiger partial charge in [-0.3, -0.25) is 4.79 Å². The molecule has 0 spiro atoms. The van der Waals surface area contributed by atoms with E-state index in [0.29, 0.717) is 25.7 Å². The Morgan fingerprint density at radius 3 is 2.40 bits per heavy atom. The summed E-state index contributed by atoms with van der Waals surface area (Å²) in [6, 6.07) is 0. The van der Waals surface area contributed by atoms with Crippen LogP contribution in [-0.4, -0.2) is 92.9 Å². The molecule has 0 aromatic rings. The Kier molecular flexibility index (Phi) is 9.08. The number of aliphatic hydroxyl groups excluding tert-OH is 1. The summed E-state index contributed by atoms with van der Waals surface area (Å²) in [7, 11) is 1.57. The van der Waals surface area contributed by atoms with E-state index < -0.39 is 69.9 Å². The molecule has 0 amide bonds. The van der Waals surface area contributed by atoms with E-state index in [1.165, 1.54) is 13.0 Å². The van der Waals surface area contributed by atoms with Crippen molar-refractivity contribution in [1.29, 1.82) is 0 Å². The lowest BCUT2D eigenvalue weighted by Crippen LogP contribution is -2.78. The number of hydrogen-bond acceptors (Lipinski definition) is 10. The monoisotopic (exact) mass is 634 g/mol. The van der Waals surface area contributed by atoms with Crippen LogP contribution in [0.25, 0.3) is 0 Å². The Morgan fingerprint density at radius 2 is 1.78 bits per heavy atom. The first kappa shape index (κ1) is 34.7. The zero-order valence-corrected chi connectivity index (χ0v) is 28.2. The Labute approximate surface area is 267 Å². The molecule has 0 bridgehead atoms. The van der Waals surface area contributed by atoms with Gasteiger partial charge in [0.25, 0.3) is 0 Å². The number of esters is 1. The molecule has 4 N–H and O–H groups in total. The molecule has 10 heteroatoms. The topological polar surface area (TPSA) is 152 Å². The number of ketones is 1. The van der Waals surface area contributed by atoms with Crippen LogP contribution in [0, 0.1) is 22.7 Å². The normalized spacial score (nSPS) is 48.2. The van der Waals surface area contributed by atoms with Gasteiger partial charge in [0.15, 0.2) is 12.1 Å². The third-order valence-corrected chi connectivity index (χ3v) is 12.9. The lowest BCUT2D eigenvalue weighted by atomic mass is 9.42. The fourth-order valence-corrected chi connectivity index (χ4v) is 9.54. The maximum absolute atomic E-state index is 13.3.